The highest BCUT2D eigenvalue weighted by Crippen LogP contribution is 2.58. The minimum atomic E-state index is -0.662. The molecule has 3 aromatic rings. The standard InChI is InChI=1S/C26H24F2N4O/c1-32-12-18-11-26(18,13-32)17-4-2-14(3-5-17)19-10-20(24(29)31-23(19)28)16-8-15-6-7-30-25(33)22(15)21(27)9-16/h2-5,8-10,18H,6-7,11-13H2,1H3,(H2,29,31)(H,30,33)/t18-,26+/m0/s1. The van der Waals surface area contributed by atoms with Crippen molar-refractivity contribution < 1.29 is 13.6 Å². The first kappa shape index (κ1) is 20.3. The quantitative estimate of drug-likeness (QED) is 0.601. The Bertz CT molecular complexity index is 1310. The molecule has 0 radical (unpaired) electrons. The van der Waals surface area contributed by atoms with Crippen molar-refractivity contribution in [3.8, 4) is 22.3 Å². The number of nitrogens with two attached hydrogens (primary N) is 1. The van der Waals surface area contributed by atoms with Crippen LogP contribution < -0.4 is 11.1 Å². The van der Waals surface area contributed by atoms with Gasteiger partial charge in [0.25, 0.3) is 5.91 Å². The first-order valence-corrected chi connectivity index (χ1v) is 11.2. The second kappa shape index (κ2) is 7.09. The first-order valence-electron chi connectivity index (χ1n) is 11.2. The number of nitrogens with zero attached hydrogens (tertiary/aromatic N) is 2. The number of likely N-dealkylation sites (N-methyl/N-ethyl adjacent to an activating group) is 1. The Hall–Kier alpha value is -3.32. The number of carbonyl (C=O) groups excluding carboxylic acids is 1. The summed E-state index contributed by atoms with van der Waals surface area (Å²) >= 11 is 0. The van der Waals surface area contributed by atoms with E-state index < -0.39 is 17.7 Å². The van der Waals surface area contributed by atoms with Crippen molar-refractivity contribution in [2.24, 2.45) is 5.92 Å². The van der Waals surface area contributed by atoms with Crippen LogP contribution in [0.15, 0.2) is 42.5 Å². The van der Waals surface area contributed by atoms with E-state index in [9.17, 15) is 13.6 Å². The number of likely N-dealkylation sites (tertiary alicyclic amines) is 1. The van der Waals surface area contributed by atoms with Crippen LogP contribution >= 0.6 is 0 Å². The summed E-state index contributed by atoms with van der Waals surface area (Å²) in [6.07, 6.45) is 1.73. The van der Waals surface area contributed by atoms with Gasteiger partial charge in [-0.1, -0.05) is 24.3 Å². The molecule has 168 valence electrons. The fourth-order valence-electron chi connectivity index (χ4n) is 5.77. The summed E-state index contributed by atoms with van der Waals surface area (Å²) in [4.78, 5) is 18.3. The van der Waals surface area contributed by atoms with Crippen molar-refractivity contribution >= 4 is 11.7 Å². The highest BCUT2D eigenvalue weighted by molar-refractivity contribution is 5.98. The number of rotatable bonds is 3. The van der Waals surface area contributed by atoms with Gasteiger partial charge in [0.05, 0.1) is 5.56 Å². The van der Waals surface area contributed by atoms with E-state index in [-0.39, 0.29) is 16.8 Å². The summed E-state index contributed by atoms with van der Waals surface area (Å²) in [7, 11) is 2.15. The number of piperidine rings is 1. The number of halogens is 2. The molecule has 0 unspecified atom stereocenters. The molecule has 7 heteroatoms. The largest absolute Gasteiger partial charge is 0.383 e. The van der Waals surface area contributed by atoms with Gasteiger partial charge in [0.15, 0.2) is 0 Å². The topological polar surface area (TPSA) is 71.2 Å². The molecule has 1 aliphatic carbocycles. The lowest BCUT2D eigenvalue weighted by Gasteiger charge is -2.19. The van der Waals surface area contributed by atoms with Gasteiger partial charge in [0.1, 0.15) is 11.6 Å². The molecular formula is C26H24F2N4O. The Kier molecular flexibility index (Phi) is 4.36. The van der Waals surface area contributed by atoms with E-state index in [1.165, 1.54) is 18.1 Å². The molecule has 2 fully saturated rings. The van der Waals surface area contributed by atoms with Gasteiger partial charge in [-0.25, -0.2) is 9.37 Å². The molecule has 1 saturated carbocycles. The van der Waals surface area contributed by atoms with Gasteiger partial charge >= 0.3 is 0 Å². The molecule has 3 heterocycles. The first-order chi connectivity index (χ1) is 15.9. The molecule has 2 aromatic carbocycles. The van der Waals surface area contributed by atoms with Crippen LogP contribution in [0.2, 0.25) is 0 Å². The van der Waals surface area contributed by atoms with E-state index in [1.54, 1.807) is 12.1 Å². The number of amides is 1. The van der Waals surface area contributed by atoms with Gasteiger partial charge in [-0.3, -0.25) is 4.79 Å². The van der Waals surface area contributed by atoms with Gasteiger partial charge < -0.3 is 16.0 Å². The fourth-order valence-corrected chi connectivity index (χ4v) is 5.77. The molecular weight excluding hydrogens is 422 g/mol. The van der Waals surface area contributed by atoms with Crippen molar-refractivity contribution in [1.82, 2.24) is 15.2 Å². The van der Waals surface area contributed by atoms with Crippen molar-refractivity contribution in [2.45, 2.75) is 18.3 Å². The Balaban J connectivity index is 1.38. The lowest BCUT2D eigenvalue weighted by Crippen LogP contribution is -2.32. The zero-order valence-electron chi connectivity index (χ0n) is 18.3. The molecule has 2 atom stereocenters. The summed E-state index contributed by atoms with van der Waals surface area (Å²) in [5.41, 5.74) is 10.2. The number of hydrogen-bond acceptors (Lipinski definition) is 4. The second-order valence-corrected chi connectivity index (χ2v) is 9.59. The van der Waals surface area contributed by atoms with E-state index in [2.05, 4.69) is 34.4 Å². The molecule has 2 aliphatic heterocycles. The maximum absolute atomic E-state index is 14.8. The fraction of sp³-hybridized carbons (Fsp3) is 0.308. The Morgan fingerprint density at radius 2 is 1.91 bits per heavy atom. The van der Waals surface area contributed by atoms with E-state index in [4.69, 9.17) is 5.73 Å². The van der Waals surface area contributed by atoms with Crippen molar-refractivity contribution in [1.29, 1.82) is 0 Å². The number of aromatic nitrogens is 1. The predicted molar refractivity (Wildman–Crippen MR) is 123 cm³/mol. The van der Waals surface area contributed by atoms with E-state index in [0.717, 1.165) is 13.1 Å². The smallest absolute Gasteiger partial charge is 0.254 e. The van der Waals surface area contributed by atoms with Crippen LogP contribution in [-0.4, -0.2) is 42.5 Å². The SMILES string of the molecule is CN1C[C@@H]2C[C@]2(c2ccc(-c3cc(-c4cc(F)c5c(c4)CCNC5=O)c(N)nc3F)cc2)C1. The number of nitrogens with one attached hydrogen (secondary N) is 1. The average molecular weight is 447 g/mol. The van der Waals surface area contributed by atoms with Gasteiger partial charge in [-0.05, 0) is 66.3 Å². The molecule has 6 rings (SSSR count). The number of anilines is 1. The van der Waals surface area contributed by atoms with Gasteiger partial charge in [0.2, 0.25) is 5.95 Å². The summed E-state index contributed by atoms with van der Waals surface area (Å²) in [6, 6.07) is 12.7. The third-order valence-corrected chi connectivity index (χ3v) is 7.48. The normalized spacial score (nSPS) is 23.7. The molecule has 0 bridgehead atoms. The van der Waals surface area contributed by atoms with Gasteiger partial charge in [0, 0.05) is 36.2 Å². The van der Waals surface area contributed by atoms with E-state index in [0.29, 0.717) is 46.7 Å². The number of hydrogen-bond donors (Lipinski definition) is 2. The second-order valence-electron chi connectivity index (χ2n) is 9.59. The molecule has 1 amide bonds. The molecule has 5 nitrogen and oxygen atoms in total. The minimum Gasteiger partial charge on any atom is -0.383 e. The van der Waals surface area contributed by atoms with Crippen LogP contribution in [0.1, 0.15) is 27.9 Å². The maximum atomic E-state index is 14.8. The number of pyridine rings is 1. The molecule has 1 aromatic heterocycles. The Labute approximate surface area is 190 Å². The minimum absolute atomic E-state index is 0.0128. The molecule has 3 N–H and O–H groups in total. The lowest BCUT2D eigenvalue weighted by molar-refractivity contribution is 0.0941. The summed E-state index contributed by atoms with van der Waals surface area (Å²) in [6.45, 7) is 2.63. The van der Waals surface area contributed by atoms with Gasteiger partial charge in [-0.15, -0.1) is 0 Å². The Morgan fingerprint density at radius 1 is 1.12 bits per heavy atom. The highest BCUT2D eigenvalue weighted by atomic mass is 19.1. The summed E-state index contributed by atoms with van der Waals surface area (Å²) < 4.78 is 29.6. The van der Waals surface area contributed by atoms with Gasteiger partial charge in [-0.2, -0.15) is 4.39 Å². The van der Waals surface area contributed by atoms with Crippen LogP contribution in [-0.2, 0) is 11.8 Å². The van der Waals surface area contributed by atoms with Crippen LogP contribution in [0.5, 0.6) is 0 Å². The van der Waals surface area contributed by atoms with E-state index >= 15 is 0 Å². The average Bonchev–Trinajstić information content (AvgIpc) is 3.35. The number of fused-ring (bicyclic) bond motifs is 2. The van der Waals surface area contributed by atoms with Crippen LogP contribution in [0.25, 0.3) is 22.3 Å². The number of carbonyl (C=O) groups is 1. The lowest BCUT2D eigenvalue weighted by atomic mass is 9.91. The van der Waals surface area contributed by atoms with Crippen molar-refractivity contribution in [3.05, 3.63) is 70.9 Å². The van der Waals surface area contributed by atoms with Crippen LogP contribution in [0, 0.1) is 17.7 Å². The molecule has 1 saturated heterocycles. The molecule has 33 heavy (non-hydrogen) atoms. The monoisotopic (exact) mass is 446 g/mol. The maximum Gasteiger partial charge on any atom is 0.254 e. The predicted octanol–water partition coefficient (Wildman–Crippen LogP) is 3.77. The molecule has 0 spiro atoms. The third kappa shape index (κ3) is 3.14. The summed E-state index contributed by atoms with van der Waals surface area (Å²) in [5.74, 6) is -1.01. The molecule has 3 aliphatic rings. The Morgan fingerprint density at radius 3 is 2.64 bits per heavy atom. The highest BCUT2D eigenvalue weighted by Gasteiger charge is 2.59. The number of benzene rings is 2. The number of nitrogen functional groups attached to an aromatic ring is 1. The summed E-state index contributed by atoms with van der Waals surface area (Å²) in [5, 5.41) is 2.65. The van der Waals surface area contributed by atoms with Crippen molar-refractivity contribution in [3.63, 3.8) is 0 Å². The third-order valence-electron chi connectivity index (χ3n) is 7.48. The zero-order valence-corrected chi connectivity index (χ0v) is 18.3. The zero-order chi connectivity index (χ0) is 22.9. The van der Waals surface area contributed by atoms with Crippen molar-refractivity contribution in [2.75, 3.05) is 32.4 Å². The van der Waals surface area contributed by atoms with Crippen LogP contribution in [0.4, 0.5) is 14.6 Å². The van der Waals surface area contributed by atoms with E-state index in [1.807, 2.05) is 12.1 Å². The van der Waals surface area contributed by atoms with Crippen LogP contribution in [0.3, 0.4) is 0 Å².